The first-order chi connectivity index (χ1) is 13.1. The zero-order valence-electron chi connectivity index (χ0n) is 17.3. The van der Waals surface area contributed by atoms with E-state index in [1.54, 1.807) is 19.1 Å². The first-order valence-corrected chi connectivity index (χ1v) is 11.3. The Morgan fingerprint density at radius 2 is 1.68 bits per heavy atom. The quantitative estimate of drug-likeness (QED) is 0.687. The maximum atomic E-state index is 12.6. The summed E-state index contributed by atoms with van der Waals surface area (Å²) in [5, 5.41) is 2.87. The molecule has 0 saturated heterocycles. The number of carbonyl (C=O) groups is 1. The van der Waals surface area contributed by atoms with Crippen molar-refractivity contribution in [2.75, 3.05) is 17.1 Å². The molecule has 152 valence electrons. The zero-order chi connectivity index (χ0) is 20.9. The topological polar surface area (TPSA) is 66.5 Å². The van der Waals surface area contributed by atoms with Gasteiger partial charge in [0.25, 0.3) is 0 Å². The molecule has 28 heavy (non-hydrogen) atoms. The van der Waals surface area contributed by atoms with Gasteiger partial charge in [-0.1, -0.05) is 35.9 Å². The number of sulfonamides is 1. The predicted octanol–water partition coefficient (Wildman–Crippen LogP) is 3.52. The minimum absolute atomic E-state index is 0.299. The van der Waals surface area contributed by atoms with E-state index in [0.29, 0.717) is 12.2 Å². The molecule has 0 aliphatic rings. The fourth-order valence-corrected chi connectivity index (χ4v) is 4.24. The Hall–Kier alpha value is -2.34. The highest BCUT2D eigenvalue weighted by molar-refractivity contribution is 7.92. The van der Waals surface area contributed by atoms with E-state index in [0.717, 1.165) is 30.2 Å². The van der Waals surface area contributed by atoms with Crippen LogP contribution in [0.4, 0.5) is 5.69 Å². The lowest BCUT2D eigenvalue weighted by molar-refractivity contribution is -0.121. The predicted molar refractivity (Wildman–Crippen MR) is 115 cm³/mol. The van der Waals surface area contributed by atoms with Gasteiger partial charge in [-0.3, -0.25) is 9.10 Å². The molecule has 0 bridgehead atoms. The second kappa shape index (κ2) is 9.24. The van der Waals surface area contributed by atoms with Crippen LogP contribution in [0.1, 0.15) is 35.6 Å². The van der Waals surface area contributed by atoms with Crippen LogP contribution in [0.2, 0.25) is 0 Å². The van der Waals surface area contributed by atoms with Gasteiger partial charge in [-0.05, 0) is 69.4 Å². The van der Waals surface area contributed by atoms with Crippen molar-refractivity contribution in [3.8, 4) is 0 Å². The van der Waals surface area contributed by atoms with Gasteiger partial charge in [0.1, 0.15) is 6.04 Å². The maximum Gasteiger partial charge on any atom is 0.243 e. The smallest absolute Gasteiger partial charge is 0.243 e. The van der Waals surface area contributed by atoms with Gasteiger partial charge in [-0.2, -0.15) is 0 Å². The number of benzene rings is 2. The summed E-state index contributed by atoms with van der Waals surface area (Å²) >= 11 is 0. The Labute approximate surface area is 168 Å². The second-order valence-corrected chi connectivity index (χ2v) is 9.24. The normalized spacial score (nSPS) is 12.5. The summed E-state index contributed by atoms with van der Waals surface area (Å²) in [6.45, 7) is 8.06. The van der Waals surface area contributed by atoms with Crippen LogP contribution in [0.15, 0.2) is 42.5 Å². The number of nitrogens with zero attached hydrogens (tertiary/aromatic N) is 1. The van der Waals surface area contributed by atoms with Crippen molar-refractivity contribution in [3.63, 3.8) is 0 Å². The summed E-state index contributed by atoms with van der Waals surface area (Å²) in [7, 11) is -3.60. The zero-order valence-corrected chi connectivity index (χ0v) is 18.1. The van der Waals surface area contributed by atoms with Crippen molar-refractivity contribution >= 4 is 21.6 Å². The molecule has 6 heteroatoms. The van der Waals surface area contributed by atoms with Gasteiger partial charge in [0.05, 0.1) is 11.9 Å². The van der Waals surface area contributed by atoms with Gasteiger partial charge >= 0.3 is 0 Å². The Morgan fingerprint density at radius 1 is 1.04 bits per heavy atom. The highest BCUT2D eigenvalue weighted by Gasteiger charge is 2.29. The van der Waals surface area contributed by atoms with Crippen LogP contribution in [0.5, 0.6) is 0 Å². The number of carbonyl (C=O) groups excluding carboxylic acids is 1. The summed E-state index contributed by atoms with van der Waals surface area (Å²) in [5.74, 6) is -0.299. The van der Waals surface area contributed by atoms with Crippen molar-refractivity contribution in [1.82, 2.24) is 5.32 Å². The van der Waals surface area contributed by atoms with Crippen molar-refractivity contribution in [1.29, 1.82) is 0 Å². The molecule has 0 saturated carbocycles. The van der Waals surface area contributed by atoms with Crippen LogP contribution in [0.25, 0.3) is 0 Å². The standard InChI is InChI=1S/C22H30N2O3S/c1-16-8-11-20(12-9-16)7-6-14-23-22(25)19(4)24(28(5,26)27)21-13-10-17(2)18(3)15-21/h8-13,15,19H,6-7,14H2,1-5H3,(H,23,25)/t19-/m1/s1. The number of anilines is 1. The lowest BCUT2D eigenvalue weighted by atomic mass is 10.1. The fraction of sp³-hybridized carbons (Fsp3) is 0.409. The molecule has 1 atom stereocenters. The van der Waals surface area contributed by atoms with Crippen LogP contribution in [0, 0.1) is 20.8 Å². The van der Waals surface area contributed by atoms with Crippen LogP contribution in [0.3, 0.4) is 0 Å². The van der Waals surface area contributed by atoms with E-state index in [4.69, 9.17) is 0 Å². The van der Waals surface area contributed by atoms with Crippen LogP contribution < -0.4 is 9.62 Å². The van der Waals surface area contributed by atoms with E-state index >= 15 is 0 Å². The molecule has 0 aliphatic heterocycles. The van der Waals surface area contributed by atoms with Gasteiger partial charge in [-0.15, -0.1) is 0 Å². The van der Waals surface area contributed by atoms with E-state index < -0.39 is 16.1 Å². The van der Waals surface area contributed by atoms with E-state index in [2.05, 4.69) is 36.5 Å². The Balaban J connectivity index is 2.01. The highest BCUT2D eigenvalue weighted by atomic mass is 32.2. The number of hydrogen-bond donors (Lipinski definition) is 1. The van der Waals surface area contributed by atoms with Crippen molar-refractivity contribution in [2.24, 2.45) is 0 Å². The van der Waals surface area contributed by atoms with Gasteiger partial charge in [0, 0.05) is 6.54 Å². The summed E-state index contributed by atoms with van der Waals surface area (Å²) in [6.07, 6.45) is 2.79. The van der Waals surface area contributed by atoms with Crippen molar-refractivity contribution < 1.29 is 13.2 Å². The first kappa shape index (κ1) is 22.0. The van der Waals surface area contributed by atoms with Crippen molar-refractivity contribution in [2.45, 2.75) is 46.6 Å². The summed E-state index contributed by atoms with van der Waals surface area (Å²) in [4.78, 5) is 12.6. The average Bonchev–Trinajstić information content (AvgIpc) is 2.62. The van der Waals surface area contributed by atoms with E-state index in [1.807, 2.05) is 19.9 Å². The average molecular weight is 403 g/mol. The van der Waals surface area contributed by atoms with Crippen LogP contribution >= 0.6 is 0 Å². The lowest BCUT2D eigenvalue weighted by Gasteiger charge is -2.28. The second-order valence-electron chi connectivity index (χ2n) is 7.38. The minimum atomic E-state index is -3.60. The summed E-state index contributed by atoms with van der Waals surface area (Å²) in [5.41, 5.74) is 5.01. The molecule has 0 fully saturated rings. The number of rotatable bonds is 8. The van der Waals surface area contributed by atoms with E-state index in [9.17, 15) is 13.2 Å². The molecule has 1 N–H and O–H groups in total. The van der Waals surface area contributed by atoms with Gasteiger partial charge in [-0.25, -0.2) is 8.42 Å². The van der Waals surface area contributed by atoms with Crippen molar-refractivity contribution in [3.05, 3.63) is 64.7 Å². The summed E-state index contributed by atoms with van der Waals surface area (Å²) < 4.78 is 25.9. The largest absolute Gasteiger partial charge is 0.354 e. The third-order valence-corrected chi connectivity index (χ3v) is 6.14. The number of hydrogen-bond acceptors (Lipinski definition) is 3. The van der Waals surface area contributed by atoms with E-state index in [1.165, 1.54) is 15.4 Å². The molecule has 2 rings (SSSR count). The van der Waals surface area contributed by atoms with E-state index in [-0.39, 0.29) is 5.91 Å². The SMILES string of the molecule is Cc1ccc(CCCNC(=O)[C@@H](C)N(c2ccc(C)c(C)c2)S(C)(=O)=O)cc1. The molecule has 0 spiro atoms. The van der Waals surface area contributed by atoms with Crippen LogP contribution in [-0.4, -0.2) is 33.2 Å². The Bertz CT molecular complexity index is 921. The monoisotopic (exact) mass is 402 g/mol. The molecule has 2 aromatic carbocycles. The molecular weight excluding hydrogens is 372 g/mol. The molecule has 0 heterocycles. The maximum absolute atomic E-state index is 12.6. The first-order valence-electron chi connectivity index (χ1n) is 9.49. The molecule has 0 aromatic heterocycles. The summed E-state index contributed by atoms with van der Waals surface area (Å²) in [6, 6.07) is 12.9. The molecular formula is C22H30N2O3S. The molecule has 5 nitrogen and oxygen atoms in total. The number of amides is 1. The van der Waals surface area contributed by atoms with Gasteiger partial charge in [0.15, 0.2) is 0 Å². The highest BCUT2D eigenvalue weighted by Crippen LogP contribution is 2.23. The molecule has 0 aliphatic carbocycles. The number of aryl methyl sites for hydroxylation is 4. The third-order valence-electron chi connectivity index (χ3n) is 4.90. The Morgan fingerprint density at radius 3 is 2.25 bits per heavy atom. The lowest BCUT2D eigenvalue weighted by Crippen LogP contribution is -2.48. The molecule has 1 amide bonds. The third kappa shape index (κ3) is 5.83. The molecule has 0 radical (unpaired) electrons. The molecule has 0 unspecified atom stereocenters. The molecule has 2 aromatic rings. The Kier molecular flexibility index (Phi) is 7.24. The minimum Gasteiger partial charge on any atom is -0.354 e. The van der Waals surface area contributed by atoms with Crippen LogP contribution in [-0.2, 0) is 21.2 Å². The fourth-order valence-electron chi connectivity index (χ4n) is 3.08. The van der Waals surface area contributed by atoms with Gasteiger partial charge in [0.2, 0.25) is 15.9 Å². The number of nitrogens with one attached hydrogen (secondary N) is 1. The van der Waals surface area contributed by atoms with Gasteiger partial charge < -0.3 is 5.32 Å².